The molecule has 4 nitrogen and oxygen atoms in total. The van der Waals surface area contributed by atoms with E-state index in [9.17, 15) is 4.79 Å². The molecule has 0 saturated heterocycles. The van der Waals surface area contributed by atoms with Crippen molar-refractivity contribution >= 4 is 17.3 Å². The van der Waals surface area contributed by atoms with Gasteiger partial charge in [-0.2, -0.15) is 0 Å². The van der Waals surface area contributed by atoms with Crippen molar-refractivity contribution in [3.63, 3.8) is 0 Å². The van der Waals surface area contributed by atoms with Crippen LogP contribution in [0.2, 0.25) is 0 Å². The molecule has 5 unspecified atom stereocenters. The van der Waals surface area contributed by atoms with Gasteiger partial charge in [0, 0.05) is 19.1 Å². The van der Waals surface area contributed by atoms with E-state index in [-0.39, 0.29) is 5.97 Å². The molecule has 0 heterocycles. The molecule has 0 spiro atoms. The fraction of sp³-hybridized carbons (Fsp3) is 0.406. The summed E-state index contributed by atoms with van der Waals surface area (Å²) >= 11 is 0. The Balaban J connectivity index is 1.37. The van der Waals surface area contributed by atoms with E-state index >= 15 is 0 Å². The van der Waals surface area contributed by atoms with Crippen LogP contribution in [0.15, 0.2) is 78.9 Å². The fourth-order valence-electron chi connectivity index (χ4n) is 7.23. The smallest absolute Gasteiger partial charge is 0.338 e. The Hall–Kier alpha value is -3.27. The molecule has 4 saturated carbocycles. The third kappa shape index (κ3) is 4.61. The van der Waals surface area contributed by atoms with Crippen LogP contribution in [0.5, 0.6) is 0 Å². The summed E-state index contributed by atoms with van der Waals surface area (Å²) in [6.45, 7) is 3.76. The Morgan fingerprint density at radius 3 is 2.17 bits per heavy atom. The predicted molar refractivity (Wildman–Crippen MR) is 145 cm³/mol. The van der Waals surface area contributed by atoms with Gasteiger partial charge < -0.3 is 15.0 Å². The third-order valence-corrected chi connectivity index (χ3v) is 8.66. The standard InChI is InChI=1S/C32H36N2O2/c1-2-36-32(35)25-13-14-29(33-31-27-16-24-15-26(18-27)28(31)17-24)30(19-25)34(20-22-9-5-3-6-10-22)21-23-11-7-4-8-12-23/h3-14,19,24,26-28,31,33H,2,15-18,20-21H2,1H3. The summed E-state index contributed by atoms with van der Waals surface area (Å²) < 4.78 is 5.37. The number of benzene rings is 3. The van der Waals surface area contributed by atoms with Crippen molar-refractivity contribution in [2.45, 2.75) is 51.7 Å². The quantitative estimate of drug-likeness (QED) is 0.338. The van der Waals surface area contributed by atoms with Crippen molar-refractivity contribution in [3.8, 4) is 0 Å². The number of ether oxygens (including phenoxy) is 1. The number of hydrogen-bond donors (Lipinski definition) is 1. The van der Waals surface area contributed by atoms with Gasteiger partial charge in [-0.25, -0.2) is 4.79 Å². The topological polar surface area (TPSA) is 41.6 Å². The van der Waals surface area contributed by atoms with E-state index in [1.54, 1.807) is 0 Å². The predicted octanol–water partition coefficient (Wildman–Crippen LogP) is 6.92. The lowest BCUT2D eigenvalue weighted by atomic mass is 9.79. The van der Waals surface area contributed by atoms with Gasteiger partial charge in [-0.15, -0.1) is 0 Å². The average molecular weight is 481 g/mol. The summed E-state index contributed by atoms with van der Waals surface area (Å²) in [4.78, 5) is 15.1. The van der Waals surface area contributed by atoms with Gasteiger partial charge in [-0.3, -0.25) is 0 Å². The van der Waals surface area contributed by atoms with Crippen LogP contribution in [0.25, 0.3) is 0 Å². The SMILES string of the molecule is CCOC(=O)c1ccc(NC2C3CC4CC(C3)C2C4)c(N(Cc2ccccc2)Cc2ccccc2)c1. The first-order valence-electron chi connectivity index (χ1n) is 13.6. The molecule has 0 amide bonds. The minimum absolute atomic E-state index is 0.261. The summed E-state index contributed by atoms with van der Waals surface area (Å²) in [6, 6.07) is 27.8. The highest BCUT2D eigenvalue weighted by Crippen LogP contribution is 2.59. The zero-order valence-electron chi connectivity index (χ0n) is 21.1. The zero-order chi connectivity index (χ0) is 24.5. The van der Waals surface area contributed by atoms with E-state index in [1.165, 1.54) is 36.8 Å². The van der Waals surface area contributed by atoms with Gasteiger partial charge >= 0.3 is 5.97 Å². The minimum Gasteiger partial charge on any atom is -0.462 e. The molecule has 186 valence electrons. The van der Waals surface area contributed by atoms with Gasteiger partial charge in [0.25, 0.3) is 0 Å². The first kappa shape index (κ1) is 23.1. The Morgan fingerprint density at radius 2 is 1.53 bits per heavy atom. The monoisotopic (exact) mass is 480 g/mol. The molecule has 0 aliphatic heterocycles. The summed E-state index contributed by atoms with van der Waals surface area (Å²) in [7, 11) is 0. The molecule has 3 aromatic rings. The highest BCUT2D eigenvalue weighted by atomic mass is 16.5. The molecule has 3 aromatic carbocycles. The van der Waals surface area contributed by atoms with Gasteiger partial charge in [0.2, 0.25) is 0 Å². The maximum absolute atomic E-state index is 12.7. The van der Waals surface area contributed by atoms with E-state index in [2.05, 4.69) is 76.9 Å². The molecule has 4 heteroatoms. The highest BCUT2D eigenvalue weighted by molar-refractivity contribution is 5.92. The first-order chi connectivity index (χ1) is 17.7. The van der Waals surface area contributed by atoms with Gasteiger partial charge in [-0.1, -0.05) is 60.7 Å². The largest absolute Gasteiger partial charge is 0.462 e. The van der Waals surface area contributed by atoms with E-state index in [0.717, 1.165) is 48.1 Å². The van der Waals surface area contributed by atoms with Crippen LogP contribution in [0.3, 0.4) is 0 Å². The van der Waals surface area contributed by atoms with Gasteiger partial charge in [0.15, 0.2) is 0 Å². The third-order valence-electron chi connectivity index (χ3n) is 8.66. The number of hydrogen-bond acceptors (Lipinski definition) is 4. The molecule has 4 fully saturated rings. The van der Waals surface area contributed by atoms with Crippen LogP contribution in [-0.2, 0) is 17.8 Å². The fourth-order valence-corrected chi connectivity index (χ4v) is 7.23. The maximum Gasteiger partial charge on any atom is 0.338 e. The van der Waals surface area contributed by atoms with E-state index < -0.39 is 0 Å². The van der Waals surface area contributed by atoms with Crippen LogP contribution in [0.1, 0.15) is 54.1 Å². The maximum atomic E-state index is 12.7. The van der Waals surface area contributed by atoms with Crippen LogP contribution >= 0.6 is 0 Å². The molecule has 36 heavy (non-hydrogen) atoms. The number of rotatable bonds is 9. The van der Waals surface area contributed by atoms with Crippen molar-refractivity contribution in [2.75, 3.05) is 16.8 Å². The molecular weight excluding hydrogens is 444 g/mol. The van der Waals surface area contributed by atoms with Crippen molar-refractivity contribution in [1.82, 2.24) is 0 Å². The van der Waals surface area contributed by atoms with Crippen molar-refractivity contribution in [3.05, 3.63) is 95.6 Å². The number of esters is 1. The molecule has 4 aliphatic rings. The number of anilines is 2. The van der Waals surface area contributed by atoms with Crippen LogP contribution in [0, 0.1) is 23.7 Å². The number of carbonyl (C=O) groups excluding carboxylic acids is 1. The molecule has 0 radical (unpaired) electrons. The van der Waals surface area contributed by atoms with E-state index in [0.29, 0.717) is 18.2 Å². The van der Waals surface area contributed by atoms with Gasteiger partial charge in [0.05, 0.1) is 23.5 Å². The van der Waals surface area contributed by atoms with E-state index in [4.69, 9.17) is 4.74 Å². The Kier molecular flexibility index (Phi) is 6.43. The van der Waals surface area contributed by atoms with Crippen molar-refractivity contribution in [2.24, 2.45) is 23.7 Å². The lowest BCUT2D eigenvalue weighted by Gasteiger charge is -2.35. The number of nitrogens with one attached hydrogen (secondary N) is 1. The second-order valence-corrected chi connectivity index (χ2v) is 10.9. The zero-order valence-corrected chi connectivity index (χ0v) is 21.1. The number of nitrogens with zero attached hydrogens (tertiary/aromatic N) is 1. The van der Waals surface area contributed by atoms with Crippen LogP contribution in [-0.4, -0.2) is 18.6 Å². The normalized spacial score (nSPS) is 25.6. The molecule has 4 bridgehead atoms. The second-order valence-electron chi connectivity index (χ2n) is 10.9. The molecule has 5 atom stereocenters. The lowest BCUT2D eigenvalue weighted by Crippen LogP contribution is -2.35. The number of carbonyl (C=O) groups is 1. The summed E-state index contributed by atoms with van der Waals surface area (Å²) in [6.07, 6.45) is 5.57. The van der Waals surface area contributed by atoms with Crippen molar-refractivity contribution < 1.29 is 9.53 Å². The Morgan fingerprint density at radius 1 is 0.861 bits per heavy atom. The summed E-state index contributed by atoms with van der Waals surface area (Å²) in [5, 5.41) is 4.02. The Labute approximate surface area is 214 Å². The molecule has 7 rings (SSSR count). The average Bonchev–Trinajstić information content (AvgIpc) is 3.32. The van der Waals surface area contributed by atoms with Crippen LogP contribution < -0.4 is 10.2 Å². The van der Waals surface area contributed by atoms with Gasteiger partial charge in [-0.05, 0) is 85.6 Å². The van der Waals surface area contributed by atoms with Crippen LogP contribution in [0.4, 0.5) is 11.4 Å². The van der Waals surface area contributed by atoms with E-state index in [1.807, 2.05) is 19.1 Å². The lowest BCUT2D eigenvalue weighted by molar-refractivity contribution is 0.0526. The molecular formula is C32H36N2O2. The molecule has 0 aromatic heterocycles. The van der Waals surface area contributed by atoms with Crippen molar-refractivity contribution in [1.29, 1.82) is 0 Å². The summed E-state index contributed by atoms with van der Waals surface area (Å²) in [5.41, 5.74) is 5.32. The molecule has 1 N–H and O–H groups in total. The highest BCUT2D eigenvalue weighted by Gasteiger charge is 2.53. The minimum atomic E-state index is -0.261. The summed E-state index contributed by atoms with van der Waals surface area (Å²) in [5.74, 6) is 3.17. The molecule has 4 aliphatic carbocycles. The Bertz CT molecular complexity index is 1150. The van der Waals surface area contributed by atoms with Gasteiger partial charge in [0.1, 0.15) is 0 Å². The second kappa shape index (κ2) is 10.0. The first-order valence-corrected chi connectivity index (χ1v) is 13.6.